The predicted octanol–water partition coefficient (Wildman–Crippen LogP) is 8.93. The van der Waals surface area contributed by atoms with E-state index >= 15 is 8.78 Å². The van der Waals surface area contributed by atoms with Crippen LogP contribution in [0.25, 0.3) is 22.0 Å². The number of nitrogens with zero attached hydrogens (tertiary/aromatic N) is 5. The number of rotatable bonds is 20. The van der Waals surface area contributed by atoms with Gasteiger partial charge in [-0.1, -0.05) is 37.4 Å². The Hall–Kier alpha value is -6.62. The molecule has 21 nitrogen and oxygen atoms in total. The Morgan fingerprint density at radius 2 is 1.53 bits per heavy atom. The number of carbonyl (C=O) groups excluding carboxylic acids is 2. The number of pyridine rings is 1. The van der Waals surface area contributed by atoms with Crippen molar-refractivity contribution in [2.45, 2.75) is 113 Å². The van der Waals surface area contributed by atoms with Gasteiger partial charge in [0.2, 0.25) is 21.8 Å². The van der Waals surface area contributed by atoms with Crippen molar-refractivity contribution < 1.29 is 104 Å². The van der Waals surface area contributed by atoms with Gasteiger partial charge in [0.1, 0.15) is 58.6 Å². The number of carbonyl (C=O) groups is 2. The van der Waals surface area contributed by atoms with Gasteiger partial charge in [0.25, 0.3) is 5.92 Å². The molecule has 88 heavy (non-hydrogen) atoms. The van der Waals surface area contributed by atoms with Gasteiger partial charge in [-0.3, -0.25) is 38.0 Å². The van der Waals surface area contributed by atoms with E-state index in [-0.39, 0.29) is 55.0 Å². The number of sulfonamides is 1. The Morgan fingerprint density at radius 1 is 0.898 bits per heavy atom. The van der Waals surface area contributed by atoms with E-state index in [2.05, 4.69) is 37.7 Å². The highest BCUT2D eigenvalue weighted by Gasteiger charge is 2.68. The van der Waals surface area contributed by atoms with Gasteiger partial charge in [-0.25, -0.2) is 35.2 Å². The summed E-state index contributed by atoms with van der Waals surface area (Å²) >= 11 is 6.69. The normalized spacial score (nSPS) is 16.6. The summed E-state index contributed by atoms with van der Waals surface area (Å²) in [6, 6.07) is 6.82. The number of aromatic nitrogens is 5. The second kappa shape index (κ2) is 23.3. The first-order chi connectivity index (χ1) is 40.1. The highest BCUT2D eigenvalue weighted by Crippen LogP contribution is 2.68. The number of amides is 2. The van der Waals surface area contributed by atoms with Crippen LogP contribution in [-0.2, 0) is 81.4 Å². The summed E-state index contributed by atoms with van der Waals surface area (Å²) in [5.41, 5.74) is -8.56. The Bertz CT molecular complexity index is 4230. The summed E-state index contributed by atoms with van der Waals surface area (Å²) in [5, 5.41) is 11.2. The molecule has 0 unspecified atom stereocenters. The van der Waals surface area contributed by atoms with Crippen molar-refractivity contribution in [1.82, 2.24) is 34.6 Å². The van der Waals surface area contributed by atoms with E-state index in [1.165, 1.54) is 40.7 Å². The molecule has 1 fully saturated rings. The molecule has 6 aromatic rings. The van der Waals surface area contributed by atoms with Crippen molar-refractivity contribution in [2.24, 2.45) is 5.92 Å². The first-order valence-corrected chi connectivity index (χ1v) is 32.9. The lowest BCUT2D eigenvalue weighted by atomic mass is 9.78. The molecule has 3 aromatic carbocycles. The van der Waals surface area contributed by atoms with Crippen LogP contribution in [0.5, 0.6) is 5.75 Å². The van der Waals surface area contributed by atoms with Crippen molar-refractivity contribution in [2.75, 3.05) is 17.9 Å². The predicted molar refractivity (Wildman–Crippen MR) is 296 cm³/mol. The largest absolute Gasteiger partial charge is 0.524 e. The van der Waals surface area contributed by atoms with Gasteiger partial charge in [-0.05, 0) is 93.0 Å². The number of phosphoric acid groups is 1. The maximum Gasteiger partial charge on any atom is 0.524 e. The van der Waals surface area contributed by atoms with Gasteiger partial charge in [-0.15, -0.1) is 0 Å². The molecule has 0 saturated heterocycles. The zero-order chi connectivity index (χ0) is 65.6. The van der Waals surface area contributed by atoms with Crippen LogP contribution in [0.3, 0.4) is 0 Å². The number of benzene rings is 3. The molecular formula is C52H51ClF10N8O13P2S2. The summed E-state index contributed by atoms with van der Waals surface area (Å²) < 4.78 is 231. The van der Waals surface area contributed by atoms with Gasteiger partial charge >= 0.3 is 27.8 Å². The summed E-state index contributed by atoms with van der Waals surface area (Å²) in [4.78, 5) is 70.8. The smallest absolute Gasteiger partial charge is 0.404 e. The van der Waals surface area contributed by atoms with E-state index in [4.69, 9.17) is 16.1 Å². The van der Waals surface area contributed by atoms with Crippen LogP contribution in [0.4, 0.5) is 49.6 Å². The van der Waals surface area contributed by atoms with Crippen LogP contribution >= 0.6 is 27.0 Å². The van der Waals surface area contributed by atoms with E-state index in [9.17, 15) is 90.3 Å². The average Bonchev–Trinajstić information content (AvgIpc) is 1.52. The Balaban J connectivity index is 1.24. The van der Waals surface area contributed by atoms with Gasteiger partial charge < -0.3 is 24.9 Å². The SMILES string of the molecule is Cc1cc(NCP(=O)(O)O)cc(OP(=O)(O)O)c1C(C)(C)CC(=O)NS(=O)(=O)Cc1nn(CC(F)(F)F)c2c(-c3ccc(C#CC(C)(C)S(C)(=O)=O)nc3[C@H](Cc3cc(F)cc(F)c3)NC(=O)Cn3nc(C(F)(F)F)c4c3C(F)(F)[C@@H]3C[C@H]43)ccc(Cl)c12. The molecule has 0 aliphatic heterocycles. The minimum absolute atomic E-state index is 0.0979. The third-order valence-electron chi connectivity index (χ3n) is 14.3. The molecule has 3 aromatic heterocycles. The molecular weight excluding hydrogens is 1300 g/mol. The van der Waals surface area contributed by atoms with E-state index in [1.54, 1.807) is 4.72 Å². The fraction of sp³-hybridized carbons (Fsp3) is 0.404. The fourth-order valence-electron chi connectivity index (χ4n) is 10.5. The molecule has 8 rings (SSSR count). The molecule has 476 valence electrons. The number of nitrogens with one attached hydrogen (secondary N) is 3. The fourth-order valence-corrected chi connectivity index (χ4v) is 12.8. The van der Waals surface area contributed by atoms with Crippen molar-refractivity contribution in [3.05, 3.63) is 122 Å². The molecule has 3 heterocycles. The number of anilines is 1. The summed E-state index contributed by atoms with van der Waals surface area (Å²) in [6.45, 7) is 3.11. The second-order valence-electron chi connectivity index (χ2n) is 22.2. The van der Waals surface area contributed by atoms with Gasteiger partial charge in [0.05, 0.1) is 28.0 Å². The third-order valence-corrected chi connectivity index (χ3v) is 18.7. The molecule has 3 atom stereocenters. The van der Waals surface area contributed by atoms with E-state index in [0.717, 1.165) is 48.7 Å². The van der Waals surface area contributed by atoms with E-state index in [1.807, 2.05) is 0 Å². The minimum Gasteiger partial charge on any atom is -0.404 e. The maximum atomic E-state index is 15.7. The lowest BCUT2D eigenvalue weighted by molar-refractivity contribution is -0.143. The van der Waals surface area contributed by atoms with Crippen LogP contribution in [0.2, 0.25) is 5.02 Å². The lowest BCUT2D eigenvalue weighted by Gasteiger charge is -2.29. The zero-order valence-corrected chi connectivity index (χ0v) is 50.6. The van der Waals surface area contributed by atoms with E-state index in [0.29, 0.717) is 6.07 Å². The number of sulfone groups is 1. The number of hydrogen-bond donors (Lipinski definition) is 7. The van der Waals surface area contributed by atoms with E-state index < -0.39 is 193 Å². The Kier molecular flexibility index (Phi) is 17.8. The second-order valence-corrected chi connectivity index (χ2v) is 29.7. The standard InChI is InChI=1S/C52H51ClF10N8O13P2S2/c1-25-13-30(64-24-85(74,75)76)18-38(84-86(77,78)79)43(25)48(2,3)20-39(72)69-88(82,83)22-37-42-35(53)10-9-32(45(42)71(67-37)23-50(56,57)58)31-8-7-29(11-12-49(4,5)87(6,80)81)65-44(31)36(16-26-14-27(54)17-28(55)15-26)66-40(73)21-70-47-41(46(68-70)52(61,62)63)33-19-34(33)51(47,59)60/h7-10,13-15,17-18,33-34,36,64H,16,19-24H2,1-6H3,(H,66,73)(H,69,72)(H2,74,75,76)(H2,77,78,79)/t33-,34+,36-/m0/s1. The highest BCUT2D eigenvalue weighted by molar-refractivity contribution is 7.92. The maximum absolute atomic E-state index is 15.7. The van der Waals surface area contributed by atoms with Crippen LogP contribution < -0.4 is 19.9 Å². The average molecular weight is 1350 g/mol. The molecule has 2 aliphatic rings. The van der Waals surface area contributed by atoms with Crippen LogP contribution in [0.1, 0.15) is 103 Å². The van der Waals surface area contributed by atoms with Crippen LogP contribution in [-0.4, -0.2) is 96.2 Å². The number of halogens is 11. The van der Waals surface area contributed by atoms with Crippen molar-refractivity contribution in [3.63, 3.8) is 0 Å². The zero-order valence-electron chi connectivity index (χ0n) is 46.4. The van der Waals surface area contributed by atoms with Gasteiger partial charge in [0.15, 0.2) is 15.5 Å². The molecule has 7 N–H and O–H groups in total. The highest BCUT2D eigenvalue weighted by atomic mass is 35.5. The number of fused-ring (bicyclic) bond motifs is 4. The topological polar surface area (TPSA) is 311 Å². The molecule has 36 heteroatoms. The van der Waals surface area contributed by atoms with Crippen molar-refractivity contribution in [1.29, 1.82) is 0 Å². The molecule has 2 amide bonds. The summed E-state index contributed by atoms with van der Waals surface area (Å²) in [7, 11) is -19.1. The molecule has 1 saturated carbocycles. The van der Waals surface area contributed by atoms with Gasteiger partial charge in [0, 0.05) is 69.5 Å². The van der Waals surface area contributed by atoms with Crippen molar-refractivity contribution in [3.8, 4) is 28.7 Å². The Morgan fingerprint density at radius 3 is 2.12 bits per heavy atom. The monoisotopic (exact) mass is 1350 g/mol. The Labute approximate surface area is 499 Å². The molecule has 0 radical (unpaired) electrons. The number of hydrogen-bond acceptors (Lipinski definition) is 13. The van der Waals surface area contributed by atoms with Gasteiger partial charge in [-0.2, -0.15) is 45.3 Å². The number of alkyl halides is 8. The minimum atomic E-state index is -5.40. The quantitative estimate of drug-likeness (QED) is 0.0213. The lowest BCUT2D eigenvalue weighted by Crippen LogP contribution is -2.36. The summed E-state index contributed by atoms with van der Waals surface area (Å²) in [5.74, 6) is -8.62. The van der Waals surface area contributed by atoms with Crippen LogP contribution in [0, 0.1) is 36.3 Å². The van der Waals surface area contributed by atoms with Crippen LogP contribution in [0.15, 0.2) is 54.6 Å². The molecule has 0 bridgehead atoms. The first-order valence-electron chi connectivity index (χ1n) is 25.6. The number of aryl methyl sites for hydroxylation is 1. The summed E-state index contributed by atoms with van der Waals surface area (Å²) in [6.07, 6.45) is -12.4. The van der Waals surface area contributed by atoms with Crippen molar-refractivity contribution >= 4 is 75.3 Å². The first kappa shape index (κ1) is 67.3. The third kappa shape index (κ3) is 15.2. The molecule has 0 spiro atoms. The number of phosphoric ester groups is 1. The molecule has 2 aliphatic carbocycles.